The molecule has 0 saturated carbocycles. The summed E-state index contributed by atoms with van der Waals surface area (Å²) in [6, 6.07) is 8.94. The Morgan fingerprint density at radius 1 is 1.46 bits per heavy atom. The second-order valence-electron chi connectivity index (χ2n) is 5.98. The van der Waals surface area contributed by atoms with Crippen molar-refractivity contribution in [2.24, 2.45) is 5.92 Å². The molecule has 6 nitrogen and oxygen atoms in total. The molecule has 24 heavy (non-hydrogen) atoms. The van der Waals surface area contributed by atoms with Crippen molar-refractivity contribution in [3.8, 4) is 0 Å². The lowest BCUT2D eigenvalue weighted by Crippen LogP contribution is -2.34. The van der Waals surface area contributed by atoms with Crippen molar-refractivity contribution in [2.75, 3.05) is 18.5 Å². The average Bonchev–Trinajstić information content (AvgIpc) is 3.13. The number of carbonyl (C=O) groups is 2. The van der Waals surface area contributed by atoms with E-state index < -0.39 is 0 Å². The molecule has 2 heterocycles. The van der Waals surface area contributed by atoms with Crippen LogP contribution in [0.2, 0.25) is 5.02 Å². The Kier molecular flexibility index (Phi) is 4.57. The van der Waals surface area contributed by atoms with Crippen LogP contribution in [0.1, 0.15) is 17.9 Å². The molecule has 7 heteroatoms. The number of carbonyl (C=O) groups excluding carboxylic acids is 2. The SMILES string of the molecule is Cc1cc(CN(C)C(=O)[C@@H]2CC(=O)N(c3ccccc3Cl)C2)no1. The average molecular weight is 348 g/mol. The molecule has 1 saturated heterocycles. The summed E-state index contributed by atoms with van der Waals surface area (Å²) in [7, 11) is 1.70. The summed E-state index contributed by atoms with van der Waals surface area (Å²) in [6.07, 6.45) is 0.187. The molecule has 1 fully saturated rings. The fourth-order valence-electron chi connectivity index (χ4n) is 2.90. The Hall–Kier alpha value is -2.34. The molecule has 1 aromatic heterocycles. The third-order valence-corrected chi connectivity index (χ3v) is 4.39. The molecule has 1 aromatic carbocycles. The zero-order chi connectivity index (χ0) is 17.3. The van der Waals surface area contributed by atoms with Gasteiger partial charge in [-0.1, -0.05) is 28.9 Å². The van der Waals surface area contributed by atoms with E-state index in [2.05, 4.69) is 5.16 Å². The van der Waals surface area contributed by atoms with E-state index >= 15 is 0 Å². The van der Waals surface area contributed by atoms with Gasteiger partial charge in [0.05, 0.1) is 23.2 Å². The third kappa shape index (κ3) is 3.28. The lowest BCUT2D eigenvalue weighted by atomic mass is 10.1. The van der Waals surface area contributed by atoms with Crippen LogP contribution in [0, 0.1) is 12.8 Å². The Labute approximate surface area is 145 Å². The number of anilines is 1. The summed E-state index contributed by atoms with van der Waals surface area (Å²) in [4.78, 5) is 28.1. The number of para-hydroxylation sites is 1. The molecule has 126 valence electrons. The maximum atomic E-state index is 12.6. The molecule has 0 radical (unpaired) electrons. The lowest BCUT2D eigenvalue weighted by Gasteiger charge is -2.21. The van der Waals surface area contributed by atoms with Crippen LogP contribution in [-0.2, 0) is 16.1 Å². The van der Waals surface area contributed by atoms with E-state index in [9.17, 15) is 9.59 Å². The van der Waals surface area contributed by atoms with Gasteiger partial charge in [0.15, 0.2) is 0 Å². The normalized spacial score (nSPS) is 17.4. The van der Waals surface area contributed by atoms with Crippen molar-refractivity contribution in [3.05, 3.63) is 46.8 Å². The summed E-state index contributed by atoms with van der Waals surface area (Å²) in [6.45, 7) is 2.49. The van der Waals surface area contributed by atoms with Gasteiger partial charge in [-0.15, -0.1) is 0 Å². The molecule has 0 bridgehead atoms. The number of benzene rings is 1. The number of aryl methyl sites for hydroxylation is 1. The minimum absolute atomic E-state index is 0.0847. The predicted octanol–water partition coefficient (Wildman–Crippen LogP) is 2.65. The first kappa shape index (κ1) is 16.5. The summed E-state index contributed by atoms with van der Waals surface area (Å²) in [5, 5.41) is 4.40. The van der Waals surface area contributed by atoms with Gasteiger partial charge in [0.1, 0.15) is 11.5 Å². The van der Waals surface area contributed by atoms with E-state index in [1.165, 1.54) is 0 Å². The Morgan fingerprint density at radius 3 is 2.88 bits per heavy atom. The van der Waals surface area contributed by atoms with Crippen molar-refractivity contribution in [2.45, 2.75) is 19.9 Å². The van der Waals surface area contributed by atoms with Crippen LogP contribution in [0.5, 0.6) is 0 Å². The van der Waals surface area contributed by atoms with Crippen LogP contribution in [0.25, 0.3) is 0 Å². The van der Waals surface area contributed by atoms with Gasteiger partial charge in [0, 0.05) is 26.1 Å². The van der Waals surface area contributed by atoms with Crippen LogP contribution in [-0.4, -0.2) is 35.5 Å². The van der Waals surface area contributed by atoms with Crippen LogP contribution >= 0.6 is 11.6 Å². The van der Waals surface area contributed by atoms with Gasteiger partial charge < -0.3 is 14.3 Å². The van der Waals surface area contributed by atoms with Crippen molar-refractivity contribution in [3.63, 3.8) is 0 Å². The molecule has 3 rings (SSSR count). The van der Waals surface area contributed by atoms with Crippen LogP contribution in [0.4, 0.5) is 5.69 Å². The predicted molar refractivity (Wildman–Crippen MR) is 89.6 cm³/mol. The quantitative estimate of drug-likeness (QED) is 0.852. The van der Waals surface area contributed by atoms with E-state index in [0.717, 1.165) is 0 Å². The molecule has 0 aliphatic carbocycles. The maximum absolute atomic E-state index is 12.6. The fraction of sp³-hybridized carbons (Fsp3) is 0.353. The van der Waals surface area contributed by atoms with Crippen molar-refractivity contribution in [1.29, 1.82) is 0 Å². The van der Waals surface area contributed by atoms with Gasteiger partial charge >= 0.3 is 0 Å². The molecule has 2 aromatic rings. The highest BCUT2D eigenvalue weighted by Crippen LogP contribution is 2.31. The van der Waals surface area contributed by atoms with Crippen LogP contribution in [0.15, 0.2) is 34.9 Å². The van der Waals surface area contributed by atoms with Crippen molar-refractivity contribution in [1.82, 2.24) is 10.1 Å². The number of hydrogen-bond acceptors (Lipinski definition) is 4. The number of hydrogen-bond donors (Lipinski definition) is 0. The minimum Gasteiger partial charge on any atom is -0.361 e. The summed E-state index contributed by atoms with van der Waals surface area (Å²) >= 11 is 6.16. The van der Waals surface area contributed by atoms with Gasteiger partial charge in [0.2, 0.25) is 11.8 Å². The molecular formula is C17H18ClN3O3. The van der Waals surface area contributed by atoms with E-state index in [1.54, 1.807) is 42.0 Å². The van der Waals surface area contributed by atoms with Gasteiger partial charge in [-0.05, 0) is 19.1 Å². The highest BCUT2D eigenvalue weighted by molar-refractivity contribution is 6.33. The summed E-state index contributed by atoms with van der Waals surface area (Å²) in [5.41, 5.74) is 1.34. The standard InChI is InChI=1S/C17H18ClN3O3/c1-11-7-13(19-24-11)10-20(2)17(23)12-8-16(22)21(9-12)15-6-4-3-5-14(15)18/h3-7,12H,8-10H2,1-2H3/t12-/m1/s1. The number of aromatic nitrogens is 1. The molecule has 0 N–H and O–H groups in total. The monoisotopic (exact) mass is 347 g/mol. The first-order valence-electron chi connectivity index (χ1n) is 7.68. The molecule has 1 aliphatic heterocycles. The van der Waals surface area contributed by atoms with Gasteiger partial charge in [-0.2, -0.15) is 0 Å². The Morgan fingerprint density at radius 2 is 2.21 bits per heavy atom. The van der Waals surface area contributed by atoms with Gasteiger partial charge in [-0.25, -0.2) is 0 Å². The summed E-state index contributed by atoms with van der Waals surface area (Å²) < 4.78 is 5.01. The number of halogens is 1. The highest BCUT2D eigenvalue weighted by atomic mass is 35.5. The van der Waals surface area contributed by atoms with Crippen molar-refractivity contribution < 1.29 is 14.1 Å². The highest BCUT2D eigenvalue weighted by Gasteiger charge is 2.37. The lowest BCUT2D eigenvalue weighted by molar-refractivity contribution is -0.135. The van der Waals surface area contributed by atoms with E-state index in [4.69, 9.17) is 16.1 Å². The first-order chi connectivity index (χ1) is 11.5. The third-order valence-electron chi connectivity index (χ3n) is 4.07. The second kappa shape index (κ2) is 6.65. The van der Waals surface area contributed by atoms with Crippen molar-refractivity contribution >= 4 is 29.1 Å². The topological polar surface area (TPSA) is 66.7 Å². The largest absolute Gasteiger partial charge is 0.361 e. The zero-order valence-corrected chi connectivity index (χ0v) is 14.3. The first-order valence-corrected chi connectivity index (χ1v) is 8.05. The maximum Gasteiger partial charge on any atom is 0.228 e. The molecule has 2 amide bonds. The number of nitrogens with zero attached hydrogens (tertiary/aromatic N) is 3. The molecule has 1 aliphatic rings. The smallest absolute Gasteiger partial charge is 0.228 e. The zero-order valence-electron chi connectivity index (χ0n) is 13.5. The molecule has 1 atom stereocenters. The van der Waals surface area contributed by atoms with Gasteiger partial charge in [-0.3, -0.25) is 9.59 Å². The van der Waals surface area contributed by atoms with E-state index in [0.29, 0.717) is 35.3 Å². The Balaban J connectivity index is 1.68. The number of amides is 2. The number of rotatable bonds is 4. The van der Waals surface area contributed by atoms with Crippen LogP contribution < -0.4 is 4.90 Å². The summed E-state index contributed by atoms with van der Waals surface area (Å²) in [5.74, 6) is 0.143. The Bertz CT molecular complexity index is 774. The minimum atomic E-state index is -0.383. The fourth-order valence-corrected chi connectivity index (χ4v) is 3.14. The van der Waals surface area contributed by atoms with E-state index in [-0.39, 0.29) is 24.2 Å². The van der Waals surface area contributed by atoms with Gasteiger partial charge in [0.25, 0.3) is 0 Å². The molecular weight excluding hydrogens is 330 g/mol. The van der Waals surface area contributed by atoms with Crippen LogP contribution in [0.3, 0.4) is 0 Å². The molecule has 0 unspecified atom stereocenters. The second-order valence-corrected chi connectivity index (χ2v) is 6.39. The van der Waals surface area contributed by atoms with E-state index in [1.807, 2.05) is 12.1 Å². The molecule has 0 spiro atoms.